The summed E-state index contributed by atoms with van der Waals surface area (Å²) < 4.78 is 49.8. The lowest BCUT2D eigenvalue weighted by atomic mass is 10.0. The Morgan fingerprint density at radius 3 is 2.17 bits per heavy atom. The monoisotopic (exact) mass is 569 g/mol. The van der Waals surface area contributed by atoms with Crippen LogP contribution in [0.3, 0.4) is 0 Å². The Morgan fingerprint density at radius 1 is 0.927 bits per heavy atom. The number of hydrogen-bond acceptors (Lipinski definition) is 6. The second kappa shape index (κ2) is 14.1. The molecule has 0 aromatic heterocycles. The summed E-state index contributed by atoms with van der Waals surface area (Å²) in [5.74, 6) is 0.533. The first-order valence-corrected chi connectivity index (χ1v) is 13.5. The minimum Gasteiger partial charge on any atom is -0.465 e. The van der Waals surface area contributed by atoms with Crippen molar-refractivity contribution in [2.45, 2.75) is 38.0 Å². The second-order valence-corrected chi connectivity index (χ2v) is 10.0. The minimum absolute atomic E-state index is 0.127. The Hall–Kier alpha value is -3.89. The molecule has 1 heterocycles. The van der Waals surface area contributed by atoms with Gasteiger partial charge in [-0.2, -0.15) is 13.2 Å². The summed E-state index contributed by atoms with van der Waals surface area (Å²) in [6.07, 6.45) is -3.98. The average molecular weight is 570 g/mol. The topological polar surface area (TPSA) is 71.1 Å². The number of esters is 1. The third-order valence-electron chi connectivity index (χ3n) is 7.00. The molecule has 3 aromatic rings. The number of ether oxygens (including phenoxy) is 2. The molecule has 1 fully saturated rings. The highest BCUT2D eigenvalue weighted by atomic mass is 19.4. The van der Waals surface area contributed by atoms with E-state index in [4.69, 9.17) is 9.47 Å². The van der Waals surface area contributed by atoms with Gasteiger partial charge in [-0.3, -0.25) is 14.6 Å². The first-order valence-electron chi connectivity index (χ1n) is 13.5. The number of nitrogens with one attached hydrogen (secondary N) is 1. The Labute approximate surface area is 237 Å². The summed E-state index contributed by atoms with van der Waals surface area (Å²) in [6, 6.07) is 23.2. The van der Waals surface area contributed by atoms with Crippen molar-refractivity contribution in [2.24, 2.45) is 0 Å². The molecule has 0 radical (unpaired) electrons. The number of benzene rings is 3. The van der Waals surface area contributed by atoms with Gasteiger partial charge in [-0.15, -0.1) is 0 Å². The fraction of sp³-hybridized carbons (Fsp3) is 0.355. The van der Waals surface area contributed by atoms with Crippen molar-refractivity contribution in [2.75, 3.05) is 38.6 Å². The lowest BCUT2D eigenvalue weighted by Crippen LogP contribution is -2.48. The van der Waals surface area contributed by atoms with E-state index in [0.29, 0.717) is 55.2 Å². The molecule has 1 amide bonds. The zero-order valence-electron chi connectivity index (χ0n) is 22.9. The molecule has 1 aliphatic heterocycles. The van der Waals surface area contributed by atoms with Gasteiger partial charge in [0.15, 0.2) is 0 Å². The van der Waals surface area contributed by atoms with Crippen molar-refractivity contribution in [1.29, 1.82) is 0 Å². The molecule has 4 rings (SSSR count). The molecule has 0 unspecified atom stereocenters. The van der Waals surface area contributed by atoms with Crippen LogP contribution in [-0.2, 0) is 16.1 Å². The van der Waals surface area contributed by atoms with Gasteiger partial charge >= 0.3 is 12.1 Å². The number of nitrogens with zero attached hydrogens (tertiary/aromatic N) is 2. The highest BCUT2D eigenvalue weighted by Gasteiger charge is 2.32. The number of methoxy groups -OCH3 is 1. The Morgan fingerprint density at radius 2 is 1.56 bits per heavy atom. The molecule has 0 spiro atoms. The number of carbonyl (C=O) groups excluding carboxylic acids is 2. The molecular formula is C31H34F3N3O4. The molecule has 1 saturated heterocycles. The summed E-state index contributed by atoms with van der Waals surface area (Å²) in [4.78, 5) is 28.4. The van der Waals surface area contributed by atoms with Crippen LogP contribution in [0.15, 0.2) is 78.9 Å². The van der Waals surface area contributed by atoms with Crippen molar-refractivity contribution >= 4 is 17.6 Å². The van der Waals surface area contributed by atoms with E-state index in [1.54, 1.807) is 41.3 Å². The van der Waals surface area contributed by atoms with Crippen LogP contribution in [0.2, 0.25) is 0 Å². The largest absolute Gasteiger partial charge is 0.465 e. The average Bonchev–Trinajstić information content (AvgIpc) is 2.97. The molecule has 0 bridgehead atoms. The Bertz CT molecular complexity index is 1260. The van der Waals surface area contributed by atoms with E-state index >= 15 is 0 Å². The van der Waals surface area contributed by atoms with Crippen LogP contribution in [0.1, 0.15) is 35.2 Å². The summed E-state index contributed by atoms with van der Waals surface area (Å²) in [7, 11) is 1.34. The molecule has 1 N–H and O–H groups in total. The van der Waals surface area contributed by atoms with E-state index in [1.807, 2.05) is 42.5 Å². The van der Waals surface area contributed by atoms with E-state index in [9.17, 15) is 22.8 Å². The molecule has 0 atom stereocenters. The number of likely N-dealkylation sites (tertiary alicyclic amines) is 1. The van der Waals surface area contributed by atoms with Gasteiger partial charge in [-0.05, 0) is 80.0 Å². The Kier molecular flexibility index (Phi) is 10.4. The standard InChI is InChI=1S/C31H34F3N3O4/c1-40-30(39)24-9-7-23(8-10-24)21-36-18-15-26(16-19-36)37(20-17-31(32,33)34)22-29(38)35-25-11-13-28(14-12-25)41-27-5-3-2-4-6-27/h2-14,26H,15-22H2,1H3,(H,35,38). The number of amides is 1. The van der Waals surface area contributed by atoms with Crippen molar-refractivity contribution in [3.63, 3.8) is 0 Å². The first-order chi connectivity index (χ1) is 19.7. The van der Waals surface area contributed by atoms with Crippen molar-refractivity contribution in [3.8, 4) is 11.5 Å². The fourth-order valence-electron chi connectivity index (χ4n) is 4.84. The summed E-state index contributed by atoms with van der Waals surface area (Å²) in [5, 5.41) is 2.80. The van der Waals surface area contributed by atoms with E-state index in [2.05, 4.69) is 10.2 Å². The highest BCUT2D eigenvalue weighted by molar-refractivity contribution is 5.92. The van der Waals surface area contributed by atoms with Gasteiger partial charge in [0.1, 0.15) is 11.5 Å². The third kappa shape index (κ3) is 9.61. The summed E-state index contributed by atoms with van der Waals surface area (Å²) >= 11 is 0. The fourth-order valence-corrected chi connectivity index (χ4v) is 4.84. The molecule has 218 valence electrons. The SMILES string of the molecule is COC(=O)c1ccc(CN2CCC(N(CCC(F)(F)F)CC(=O)Nc3ccc(Oc4ccccc4)cc3)CC2)cc1. The lowest BCUT2D eigenvalue weighted by Gasteiger charge is -2.38. The van der Waals surface area contributed by atoms with E-state index in [1.165, 1.54) is 7.11 Å². The first kappa shape index (κ1) is 30.1. The predicted molar refractivity (Wildman–Crippen MR) is 150 cm³/mol. The third-order valence-corrected chi connectivity index (χ3v) is 7.00. The number of alkyl halides is 3. The molecular weight excluding hydrogens is 535 g/mol. The van der Waals surface area contributed by atoms with Crippen molar-refractivity contribution in [1.82, 2.24) is 9.80 Å². The van der Waals surface area contributed by atoms with Gasteiger partial charge in [0, 0.05) is 24.8 Å². The van der Waals surface area contributed by atoms with Crippen LogP contribution < -0.4 is 10.1 Å². The van der Waals surface area contributed by atoms with E-state index in [0.717, 1.165) is 5.56 Å². The smallest absolute Gasteiger partial charge is 0.390 e. The van der Waals surface area contributed by atoms with E-state index < -0.39 is 18.6 Å². The van der Waals surface area contributed by atoms with Crippen LogP contribution in [-0.4, -0.2) is 67.2 Å². The number of hydrogen-bond donors (Lipinski definition) is 1. The number of carbonyl (C=O) groups is 2. The molecule has 1 aliphatic rings. The highest BCUT2D eigenvalue weighted by Crippen LogP contribution is 2.25. The maximum atomic E-state index is 13.1. The lowest BCUT2D eigenvalue weighted by molar-refractivity contribution is -0.141. The quantitative estimate of drug-likeness (QED) is 0.281. The Balaban J connectivity index is 1.30. The summed E-state index contributed by atoms with van der Waals surface area (Å²) in [6.45, 7) is 1.69. The molecule has 0 aliphatic carbocycles. The van der Waals surface area contributed by atoms with Crippen molar-refractivity contribution in [3.05, 3.63) is 90.0 Å². The van der Waals surface area contributed by atoms with E-state index in [-0.39, 0.29) is 25.0 Å². The number of rotatable bonds is 11. The van der Waals surface area contributed by atoms with Crippen LogP contribution in [0.25, 0.3) is 0 Å². The maximum absolute atomic E-state index is 13.1. The maximum Gasteiger partial charge on any atom is 0.390 e. The number of anilines is 1. The van der Waals surface area contributed by atoms with Crippen LogP contribution >= 0.6 is 0 Å². The van der Waals surface area contributed by atoms with Gasteiger partial charge < -0.3 is 14.8 Å². The zero-order chi connectivity index (χ0) is 29.2. The minimum atomic E-state index is -4.31. The zero-order valence-corrected chi connectivity index (χ0v) is 22.9. The van der Waals surface area contributed by atoms with Crippen LogP contribution in [0.5, 0.6) is 11.5 Å². The van der Waals surface area contributed by atoms with Crippen LogP contribution in [0, 0.1) is 0 Å². The summed E-state index contributed by atoms with van der Waals surface area (Å²) in [5.41, 5.74) is 2.05. The predicted octanol–water partition coefficient (Wildman–Crippen LogP) is 6.12. The molecule has 3 aromatic carbocycles. The van der Waals surface area contributed by atoms with Crippen LogP contribution in [0.4, 0.5) is 18.9 Å². The van der Waals surface area contributed by atoms with Gasteiger partial charge in [-0.25, -0.2) is 4.79 Å². The van der Waals surface area contributed by atoms with Gasteiger partial charge in [0.05, 0.1) is 25.6 Å². The molecule has 7 nitrogen and oxygen atoms in total. The van der Waals surface area contributed by atoms with Gasteiger partial charge in [-0.1, -0.05) is 30.3 Å². The molecule has 0 saturated carbocycles. The molecule has 10 heteroatoms. The number of halogens is 3. The van der Waals surface area contributed by atoms with Gasteiger partial charge in [0.2, 0.25) is 5.91 Å². The van der Waals surface area contributed by atoms with Gasteiger partial charge in [0.25, 0.3) is 0 Å². The number of piperidine rings is 1. The van der Waals surface area contributed by atoms with Crippen molar-refractivity contribution < 1.29 is 32.2 Å². The number of para-hydroxylation sites is 1. The molecule has 41 heavy (non-hydrogen) atoms. The second-order valence-electron chi connectivity index (χ2n) is 10.0. The normalized spacial score (nSPS) is 14.6.